The number of nitrogens with two attached hydrogens (primary N) is 1. The Kier molecular flexibility index (Phi) is 5.94. The van der Waals surface area contributed by atoms with E-state index < -0.39 is 0 Å². The van der Waals surface area contributed by atoms with Gasteiger partial charge in [0.1, 0.15) is 5.75 Å². The lowest BCUT2D eigenvalue weighted by Crippen LogP contribution is -2.28. The molecule has 0 aliphatic rings. The van der Waals surface area contributed by atoms with Crippen LogP contribution < -0.4 is 10.6 Å². The number of para-hydroxylation sites is 1. The van der Waals surface area contributed by atoms with E-state index in [-0.39, 0.29) is 17.1 Å². The van der Waals surface area contributed by atoms with Gasteiger partial charge in [0.05, 0.1) is 12.9 Å². The first kappa shape index (κ1) is 19.1. The highest BCUT2D eigenvalue weighted by molar-refractivity contribution is 7.99. The van der Waals surface area contributed by atoms with E-state index in [0.717, 1.165) is 11.3 Å². The summed E-state index contributed by atoms with van der Waals surface area (Å²) in [6, 6.07) is 7.66. The second-order valence-corrected chi connectivity index (χ2v) is 7.72. The van der Waals surface area contributed by atoms with Crippen molar-refractivity contribution >= 4 is 17.7 Å². The summed E-state index contributed by atoms with van der Waals surface area (Å²) in [7, 11) is 3.39. The van der Waals surface area contributed by atoms with Crippen molar-refractivity contribution in [2.45, 2.75) is 37.9 Å². The van der Waals surface area contributed by atoms with E-state index in [1.165, 1.54) is 16.4 Å². The highest BCUT2D eigenvalue weighted by Crippen LogP contribution is 2.24. The van der Waals surface area contributed by atoms with Crippen LogP contribution in [0.1, 0.15) is 32.2 Å². The van der Waals surface area contributed by atoms with Crippen LogP contribution in [0.25, 0.3) is 0 Å². The van der Waals surface area contributed by atoms with E-state index >= 15 is 0 Å². The summed E-state index contributed by atoms with van der Waals surface area (Å²) in [5.74, 6) is 7.72. The zero-order valence-corrected chi connectivity index (χ0v) is 16.1. The summed E-state index contributed by atoms with van der Waals surface area (Å²) in [5.41, 5.74) is 0.758. The largest absolute Gasteiger partial charge is 0.496 e. The third kappa shape index (κ3) is 4.66. The Morgan fingerprint density at radius 1 is 1.32 bits per heavy atom. The molecule has 0 aliphatic heterocycles. The second kappa shape index (κ2) is 7.77. The molecule has 8 heteroatoms. The maximum atomic E-state index is 12.4. The van der Waals surface area contributed by atoms with Crippen LogP contribution in [0.15, 0.2) is 29.4 Å². The number of nitrogens with zero attached hydrogens (tertiary/aromatic N) is 4. The molecule has 1 aromatic carbocycles. The van der Waals surface area contributed by atoms with Crippen LogP contribution >= 0.6 is 11.8 Å². The zero-order valence-electron chi connectivity index (χ0n) is 15.3. The van der Waals surface area contributed by atoms with Gasteiger partial charge < -0.3 is 15.5 Å². The third-order valence-electron chi connectivity index (χ3n) is 3.69. The van der Waals surface area contributed by atoms with Gasteiger partial charge in [-0.1, -0.05) is 50.7 Å². The van der Waals surface area contributed by atoms with Crippen molar-refractivity contribution in [3.63, 3.8) is 0 Å². The number of hydrogen-bond donors (Lipinski definition) is 1. The van der Waals surface area contributed by atoms with Crippen LogP contribution in [-0.2, 0) is 16.8 Å². The topological polar surface area (TPSA) is 86.3 Å². The molecule has 2 N–H and O–H groups in total. The summed E-state index contributed by atoms with van der Waals surface area (Å²) in [4.78, 5) is 14.1. The number of carbonyl (C=O) groups is 1. The van der Waals surface area contributed by atoms with Gasteiger partial charge in [0.15, 0.2) is 5.82 Å². The molecule has 1 heterocycles. The van der Waals surface area contributed by atoms with Gasteiger partial charge in [-0.15, -0.1) is 10.2 Å². The lowest BCUT2D eigenvalue weighted by Gasteiger charge is -2.19. The predicted octanol–water partition coefficient (Wildman–Crippen LogP) is 2.05. The summed E-state index contributed by atoms with van der Waals surface area (Å²) in [5, 5.41) is 8.74. The molecular weight excluding hydrogens is 338 g/mol. The fourth-order valence-corrected chi connectivity index (χ4v) is 3.10. The zero-order chi connectivity index (χ0) is 18.6. The van der Waals surface area contributed by atoms with Gasteiger partial charge in [-0.3, -0.25) is 4.79 Å². The minimum atomic E-state index is -0.203. The first-order valence-electron chi connectivity index (χ1n) is 7.93. The number of benzene rings is 1. The summed E-state index contributed by atoms with van der Waals surface area (Å²) in [6.07, 6.45) is 0. The lowest BCUT2D eigenvalue weighted by molar-refractivity contribution is -0.127. The molecule has 0 radical (unpaired) electrons. The lowest BCUT2D eigenvalue weighted by atomic mass is 9.96. The van der Waals surface area contributed by atoms with E-state index in [1.54, 1.807) is 19.1 Å². The third-order valence-corrected chi connectivity index (χ3v) is 4.61. The molecule has 25 heavy (non-hydrogen) atoms. The highest BCUT2D eigenvalue weighted by Gasteiger charge is 2.23. The average Bonchev–Trinajstić information content (AvgIpc) is 2.94. The molecule has 0 bridgehead atoms. The average molecular weight is 363 g/mol. The number of methoxy groups -OCH3 is 1. The molecule has 0 spiro atoms. The van der Waals surface area contributed by atoms with E-state index in [0.29, 0.717) is 17.5 Å². The fraction of sp³-hybridized carbons (Fsp3) is 0.471. The molecule has 1 amide bonds. The Morgan fingerprint density at radius 3 is 2.60 bits per heavy atom. The molecule has 0 atom stereocenters. The smallest absolute Gasteiger partial charge is 0.233 e. The number of hydrogen-bond acceptors (Lipinski definition) is 6. The molecule has 136 valence electrons. The molecule has 0 aliphatic carbocycles. The quantitative estimate of drug-likeness (QED) is 0.624. The molecule has 1 aromatic heterocycles. The molecule has 0 unspecified atom stereocenters. The number of thioether (sulfide) groups is 1. The van der Waals surface area contributed by atoms with Crippen LogP contribution in [0, 0.1) is 0 Å². The van der Waals surface area contributed by atoms with Gasteiger partial charge in [0, 0.05) is 24.6 Å². The van der Waals surface area contributed by atoms with Crippen molar-refractivity contribution < 1.29 is 9.53 Å². The highest BCUT2D eigenvalue weighted by atomic mass is 32.2. The predicted molar refractivity (Wildman–Crippen MR) is 99.1 cm³/mol. The van der Waals surface area contributed by atoms with Crippen LogP contribution in [0.5, 0.6) is 5.75 Å². The molecule has 0 saturated carbocycles. The van der Waals surface area contributed by atoms with Crippen LogP contribution in [-0.4, -0.2) is 45.6 Å². The molecular formula is C17H25N5O2S. The van der Waals surface area contributed by atoms with Gasteiger partial charge in [0.25, 0.3) is 0 Å². The Hall–Kier alpha value is -2.22. The molecule has 2 rings (SSSR count). The maximum absolute atomic E-state index is 12.4. The van der Waals surface area contributed by atoms with Crippen LogP contribution in [0.3, 0.4) is 0 Å². The number of amides is 1. The number of ether oxygens (including phenoxy) is 1. The van der Waals surface area contributed by atoms with Crippen molar-refractivity contribution in [3.05, 3.63) is 35.7 Å². The first-order valence-corrected chi connectivity index (χ1v) is 8.92. The van der Waals surface area contributed by atoms with Crippen molar-refractivity contribution in [2.75, 3.05) is 25.8 Å². The summed E-state index contributed by atoms with van der Waals surface area (Å²) < 4.78 is 6.78. The number of nitrogen functional groups attached to an aromatic ring is 1. The SMILES string of the molecule is COc1ccccc1CN(C)C(=O)CSc1nnc(C(C)(C)C)n1N. The van der Waals surface area contributed by atoms with Gasteiger partial charge in [-0.05, 0) is 6.07 Å². The normalized spacial score (nSPS) is 11.4. The van der Waals surface area contributed by atoms with Gasteiger partial charge in [0.2, 0.25) is 11.1 Å². The molecule has 7 nitrogen and oxygen atoms in total. The first-order chi connectivity index (χ1) is 11.7. The summed E-state index contributed by atoms with van der Waals surface area (Å²) in [6.45, 7) is 6.52. The van der Waals surface area contributed by atoms with Crippen molar-refractivity contribution in [3.8, 4) is 5.75 Å². The van der Waals surface area contributed by atoms with E-state index in [9.17, 15) is 4.79 Å². The standard InChI is InChI=1S/C17H25N5O2S/c1-17(2,3)15-19-20-16(22(15)18)25-11-14(23)21(4)10-12-8-6-7-9-13(12)24-5/h6-9H,10-11,18H2,1-5H3. The Morgan fingerprint density at radius 2 is 2.00 bits per heavy atom. The number of rotatable bonds is 6. The Labute approximate surface area is 152 Å². The summed E-state index contributed by atoms with van der Waals surface area (Å²) >= 11 is 1.28. The van der Waals surface area contributed by atoms with Gasteiger partial charge in [-0.2, -0.15) is 0 Å². The van der Waals surface area contributed by atoms with Crippen LogP contribution in [0.2, 0.25) is 0 Å². The number of carbonyl (C=O) groups excluding carboxylic acids is 1. The molecule has 0 saturated heterocycles. The molecule has 0 fully saturated rings. The van der Waals surface area contributed by atoms with Crippen molar-refractivity contribution in [1.82, 2.24) is 19.8 Å². The van der Waals surface area contributed by atoms with E-state index in [4.69, 9.17) is 10.6 Å². The van der Waals surface area contributed by atoms with Gasteiger partial charge in [-0.25, -0.2) is 4.68 Å². The fourth-order valence-electron chi connectivity index (χ4n) is 2.30. The van der Waals surface area contributed by atoms with Crippen molar-refractivity contribution in [2.24, 2.45) is 0 Å². The Bertz CT molecular complexity index is 739. The maximum Gasteiger partial charge on any atom is 0.233 e. The van der Waals surface area contributed by atoms with E-state index in [1.807, 2.05) is 45.0 Å². The monoisotopic (exact) mass is 363 g/mol. The minimum Gasteiger partial charge on any atom is -0.496 e. The Balaban J connectivity index is 1.97. The minimum absolute atomic E-state index is 0.0174. The van der Waals surface area contributed by atoms with Crippen LogP contribution in [0.4, 0.5) is 0 Å². The second-order valence-electron chi connectivity index (χ2n) is 6.78. The number of aromatic nitrogens is 3. The van der Waals surface area contributed by atoms with Crippen molar-refractivity contribution in [1.29, 1.82) is 0 Å². The molecule has 2 aromatic rings. The van der Waals surface area contributed by atoms with E-state index in [2.05, 4.69) is 10.2 Å². The van der Waals surface area contributed by atoms with Gasteiger partial charge >= 0.3 is 0 Å².